The molecule has 0 aliphatic rings. The summed E-state index contributed by atoms with van der Waals surface area (Å²) in [6.45, 7) is 5.27. The van der Waals surface area contributed by atoms with Gasteiger partial charge in [0.2, 0.25) is 5.91 Å². The van der Waals surface area contributed by atoms with Crippen molar-refractivity contribution in [1.29, 1.82) is 0 Å². The van der Waals surface area contributed by atoms with Crippen LogP contribution < -0.4 is 5.73 Å². The standard InChI is InChI=1S/C13H16ClNO3/c1-13(2,3)18-12(17)10(14)8-5-4-6-9(7-8)11(15)16/h4-7,10H,1-3H3,(H2,15,16). The number of halogens is 1. The average Bonchev–Trinajstić information content (AvgIpc) is 2.26. The Morgan fingerprint density at radius 3 is 2.44 bits per heavy atom. The van der Waals surface area contributed by atoms with E-state index in [0.29, 0.717) is 11.1 Å². The Labute approximate surface area is 111 Å². The lowest BCUT2D eigenvalue weighted by Crippen LogP contribution is -2.26. The van der Waals surface area contributed by atoms with Gasteiger partial charge in [-0.15, -0.1) is 11.6 Å². The molecule has 1 atom stereocenters. The lowest BCUT2D eigenvalue weighted by atomic mass is 10.1. The van der Waals surface area contributed by atoms with Crippen molar-refractivity contribution in [2.45, 2.75) is 31.7 Å². The van der Waals surface area contributed by atoms with Crippen LogP contribution in [0.25, 0.3) is 0 Å². The number of carbonyl (C=O) groups is 2. The number of carbonyl (C=O) groups excluding carboxylic acids is 2. The Balaban J connectivity index is 2.90. The summed E-state index contributed by atoms with van der Waals surface area (Å²) in [5.74, 6) is -1.12. The van der Waals surface area contributed by atoms with Gasteiger partial charge in [-0.3, -0.25) is 9.59 Å². The van der Waals surface area contributed by atoms with Crippen LogP contribution in [0.15, 0.2) is 24.3 Å². The van der Waals surface area contributed by atoms with Crippen LogP contribution in [0.2, 0.25) is 0 Å². The molecule has 1 aromatic rings. The van der Waals surface area contributed by atoms with E-state index in [1.165, 1.54) is 6.07 Å². The van der Waals surface area contributed by atoms with E-state index in [4.69, 9.17) is 22.1 Å². The van der Waals surface area contributed by atoms with E-state index in [1.54, 1.807) is 39.0 Å². The molecule has 0 spiro atoms. The van der Waals surface area contributed by atoms with Crippen molar-refractivity contribution < 1.29 is 14.3 Å². The normalized spacial score (nSPS) is 12.9. The molecule has 5 heteroatoms. The maximum atomic E-state index is 11.8. The number of ether oxygens (including phenoxy) is 1. The van der Waals surface area contributed by atoms with Crippen LogP contribution in [0, 0.1) is 0 Å². The van der Waals surface area contributed by atoms with Gasteiger partial charge in [0.05, 0.1) is 0 Å². The SMILES string of the molecule is CC(C)(C)OC(=O)C(Cl)c1cccc(C(N)=O)c1. The maximum absolute atomic E-state index is 11.8. The van der Waals surface area contributed by atoms with E-state index < -0.39 is 22.9 Å². The van der Waals surface area contributed by atoms with E-state index in [9.17, 15) is 9.59 Å². The molecule has 0 aromatic heterocycles. The highest BCUT2D eigenvalue weighted by Crippen LogP contribution is 2.25. The number of benzene rings is 1. The smallest absolute Gasteiger partial charge is 0.329 e. The highest BCUT2D eigenvalue weighted by atomic mass is 35.5. The van der Waals surface area contributed by atoms with Gasteiger partial charge in [0, 0.05) is 5.56 Å². The Morgan fingerprint density at radius 1 is 1.33 bits per heavy atom. The molecule has 0 saturated carbocycles. The fourth-order valence-electron chi connectivity index (χ4n) is 1.34. The van der Waals surface area contributed by atoms with E-state index in [0.717, 1.165) is 0 Å². The summed E-state index contributed by atoms with van der Waals surface area (Å²) in [6.07, 6.45) is 0. The second-order valence-electron chi connectivity index (χ2n) is 4.89. The fraction of sp³-hybridized carbons (Fsp3) is 0.385. The first-order valence-electron chi connectivity index (χ1n) is 5.47. The van der Waals surface area contributed by atoms with Crippen LogP contribution >= 0.6 is 11.6 Å². The number of esters is 1. The predicted octanol–water partition coefficient (Wildman–Crippen LogP) is 2.41. The summed E-state index contributed by atoms with van der Waals surface area (Å²) in [6, 6.07) is 6.32. The first-order valence-corrected chi connectivity index (χ1v) is 5.91. The molecule has 2 N–H and O–H groups in total. The lowest BCUT2D eigenvalue weighted by molar-refractivity contribution is -0.154. The summed E-state index contributed by atoms with van der Waals surface area (Å²) in [5, 5.41) is -0.955. The molecule has 0 aliphatic carbocycles. The number of primary amides is 1. The van der Waals surface area contributed by atoms with Gasteiger partial charge in [-0.05, 0) is 38.5 Å². The Hall–Kier alpha value is -1.55. The molecule has 4 nitrogen and oxygen atoms in total. The number of alkyl halides is 1. The molecular formula is C13H16ClNO3. The minimum absolute atomic E-state index is 0.307. The van der Waals surface area contributed by atoms with Crippen molar-refractivity contribution in [2.75, 3.05) is 0 Å². The van der Waals surface area contributed by atoms with Crippen LogP contribution in [0.5, 0.6) is 0 Å². The quantitative estimate of drug-likeness (QED) is 0.677. The van der Waals surface area contributed by atoms with E-state index in [1.807, 2.05) is 0 Å². The van der Waals surface area contributed by atoms with Crippen LogP contribution in [0.3, 0.4) is 0 Å². The van der Waals surface area contributed by atoms with Crippen molar-refractivity contribution in [3.05, 3.63) is 35.4 Å². The van der Waals surface area contributed by atoms with Gasteiger partial charge in [-0.1, -0.05) is 12.1 Å². The van der Waals surface area contributed by atoms with Gasteiger partial charge in [-0.25, -0.2) is 0 Å². The number of hydrogen-bond acceptors (Lipinski definition) is 3. The molecule has 0 heterocycles. The molecule has 98 valence electrons. The third-order valence-electron chi connectivity index (χ3n) is 2.08. The highest BCUT2D eigenvalue weighted by molar-refractivity contribution is 6.30. The summed E-state index contributed by atoms with van der Waals surface area (Å²) < 4.78 is 5.17. The van der Waals surface area contributed by atoms with Gasteiger partial charge in [0.1, 0.15) is 5.60 Å². The maximum Gasteiger partial charge on any atom is 0.329 e. The van der Waals surface area contributed by atoms with Gasteiger partial charge in [-0.2, -0.15) is 0 Å². The number of nitrogens with two attached hydrogens (primary N) is 1. The molecular weight excluding hydrogens is 254 g/mol. The zero-order chi connectivity index (χ0) is 13.9. The third kappa shape index (κ3) is 4.04. The molecule has 0 aliphatic heterocycles. The largest absolute Gasteiger partial charge is 0.459 e. The van der Waals surface area contributed by atoms with Gasteiger partial charge in [0.25, 0.3) is 0 Å². The van der Waals surface area contributed by atoms with E-state index in [2.05, 4.69) is 0 Å². The Bertz CT molecular complexity index is 466. The van der Waals surface area contributed by atoms with Crippen molar-refractivity contribution in [3.63, 3.8) is 0 Å². The number of hydrogen-bond donors (Lipinski definition) is 1. The summed E-state index contributed by atoms with van der Waals surface area (Å²) in [7, 11) is 0. The average molecular weight is 270 g/mol. The Morgan fingerprint density at radius 2 is 1.94 bits per heavy atom. The lowest BCUT2D eigenvalue weighted by Gasteiger charge is -2.21. The van der Waals surface area contributed by atoms with E-state index in [-0.39, 0.29) is 0 Å². The second-order valence-corrected chi connectivity index (χ2v) is 5.32. The number of amides is 1. The molecule has 1 aromatic carbocycles. The van der Waals surface area contributed by atoms with Crippen molar-refractivity contribution in [3.8, 4) is 0 Å². The molecule has 0 radical (unpaired) electrons. The highest BCUT2D eigenvalue weighted by Gasteiger charge is 2.25. The first kappa shape index (κ1) is 14.5. The van der Waals surface area contributed by atoms with Crippen molar-refractivity contribution in [2.24, 2.45) is 5.73 Å². The zero-order valence-corrected chi connectivity index (χ0v) is 11.3. The molecule has 0 bridgehead atoms. The first-order chi connectivity index (χ1) is 8.20. The Kier molecular flexibility index (Phi) is 4.35. The molecule has 18 heavy (non-hydrogen) atoms. The molecule has 1 unspecified atom stereocenters. The third-order valence-corrected chi connectivity index (χ3v) is 2.51. The summed E-state index contributed by atoms with van der Waals surface area (Å²) in [4.78, 5) is 22.8. The molecule has 0 fully saturated rings. The van der Waals surface area contributed by atoms with Crippen LogP contribution in [0.4, 0.5) is 0 Å². The molecule has 0 saturated heterocycles. The van der Waals surface area contributed by atoms with E-state index >= 15 is 0 Å². The van der Waals surface area contributed by atoms with Gasteiger partial charge in [0.15, 0.2) is 5.38 Å². The van der Waals surface area contributed by atoms with Gasteiger partial charge >= 0.3 is 5.97 Å². The minimum atomic E-state index is -0.955. The fourth-order valence-corrected chi connectivity index (χ4v) is 1.52. The van der Waals surface area contributed by atoms with Crippen molar-refractivity contribution in [1.82, 2.24) is 0 Å². The van der Waals surface area contributed by atoms with Crippen LogP contribution in [-0.2, 0) is 9.53 Å². The summed E-state index contributed by atoms with van der Waals surface area (Å²) >= 11 is 6.01. The topological polar surface area (TPSA) is 69.4 Å². The summed E-state index contributed by atoms with van der Waals surface area (Å²) in [5.41, 5.74) is 5.35. The second kappa shape index (κ2) is 5.40. The van der Waals surface area contributed by atoms with Crippen LogP contribution in [-0.4, -0.2) is 17.5 Å². The number of rotatable bonds is 3. The molecule has 1 rings (SSSR count). The van der Waals surface area contributed by atoms with Crippen molar-refractivity contribution >= 4 is 23.5 Å². The zero-order valence-electron chi connectivity index (χ0n) is 10.6. The van der Waals surface area contributed by atoms with Crippen LogP contribution in [0.1, 0.15) is 42.1 Å². The van der Waals surface area contributed by atoms with Gasteiger partial charge < -0.3 is 10.5 Å². The monoisotopic (exact) mass is 269 g/mol. The molecule has 1 amide bonds. The predicted molar refractivity (Wildman–Crippen MR) is 69.4 cm³/mol. The minimum Gasteiger partial charge on any atom is -0.459 e.